The smallest absolute Gasteiger partial charge is 0.222 e. The van der Waals surface area contributed by atoms with Crippen molar-refractivity contribution in [2.45, 2.75) is 65.5 Å². The number of aromatic nitrogens is 2. The summed E-state index contributed by atoms with van der Waals surface area (Å²) in [6.07, 6.45) is 4.56. The van der Waals surface area contributed by atoms with E-state index in [0.717, 1.165) is 61.4 Å². The standard InChI is InChI=1S/C26H33N3O2/c1-4-25(30)28-17-10-14-23(28)26-27-21-12-5-6-13-22(21)29(26)16-7-8-18-31-24-15-9-11-19(2)20(24)3/h5-6,9,11-13,15,23H,4,7-8,10,14,16-18H2,1-3H3/t23-/m1/s1. The normalized spacial score (nSPS) is 16.2. The van der Waals surface area contributed by atoms with E-state index >= 15 is 0 Å². The number of carbonyl (C=O) groups is 1. The zero-order valence-corrected chi connectivity index (χ0v) is 18.9. The van der Waals surface area contributed by atoms with Crippen LogP contribution in [0.3, 0.4) is 0 Å². The van der Waals surface area contributed by atoms with Gasteiger partial charge >= 0.3 is 0 Å². The fourth-order valence-corrected chi connectivity index (χ4v) is 4.55. The molecule has 0 aliphatic carbocycles. The van der Waals surface area contributed by atoms with Crippen molar-refractivity contribution in [3.63, 3.8) is 0 Å². The van der Waals surface area contributed by atoms with Crippen LogP contribution >= 0.6 is 0 Å². The van der Waals surface area contributed by atoms with E-state index in [0.29, 0.717) is 13.0 Å². The fourth-order valence-electron chi connectivity index (χ4n) is 4.55. The van der Waals surface area contributed by atoms with Crippen molar-refractivity contribution in [2.75, 3.05) is 13.2 Å². The van der Waals surface area contributed by atoms with Gasteiger partial charge in [-0.15, -0.1) is 0 Å². The molecule has 1 aliphatic rings. The van der Waals surface area contributed by atoms with Gasteiger partial charge in [-0.05, 0) is 68.9 Å². The number of benzene rings is 2. The third-order valence-electron chi connectivity index (χ3n) is 6.45. The molecule has 0 unspecified atom stereocenters. The van der Waals surface area contributed by atoms with E-state index in [9.17, 15) is 4.79 Å². The van der Waals surface area contributed by atoms with Gasteiger partial charge in [0.1, 0.15) is 11.6 Å². The van der Waals surface area contributed by atoms with Gasteiger partial charge in [0.05, 0.1) is 23.7 Å². The summed E-state index contributed by atoms with van der Waals surface area (Å²) in [4.78, 5) is 19.5. The highest BCUT2D eigenvalue weighted by Gasteiger charge is 2.32. The average molecular weight is 420 g/mol. The first-order valence-electron chi connectivity index (χ1n) is 11.5. The molecule has 2 heterocycles. The van der Waals surface area contributed by atoms with Gasteiger partial charge in [0, 0.05) is 19.5 Å². The van der Waals surface area contributed by atoms with Crippen molar-refractivity contribution in [1.29, 1.82) is 0 Å². The molecule has 5 heteroatoms. The Bertz CT molecular complexity index is 1060. The van der Waals surface area contributed by atoms with Crippen LogP contribution in [0.15, 0.2) is 42.5 Å². The number of likely N-dealkylation sites (tertiary alicyclic amines) is 1. The Balaban J connectivity index is 1.46. The van der Waals surface area contributed by atoms with E-state index in [1.807, 2.05) is 30.0 Å². The SMILES string of the molecule is CCC(=O)N1CCC[C@@H]1c1nc2ccccc2n1CCCCOc1cccc(C)c1C. The van der Waals surface area contributed by atoms with Crippen LogP contribution < -0.4 is 4.74 Å². The van der Waals surface area contributed by atoms with Crippen molar-refractivity contribution < 1.29 is 9.53 Å². The molecule has 1 aromatic heterocycles. The van der Waals surface area contributed by atoms with Crippen LogP contribution in [0, 0.1) is 13.8 Å². The number of ether oxygens (including phenoxy) is 1. The van der Waals surface area contributed by atoms with Gasteiger partial charge in [0.15, 0.2) is 0 Å². The number of fused-ring (bicyclic) bond motifs is 1. The Hall–Kier alpha value is -2.82. The number of amides is 1. The first-order chi connectivity index (χ1) is 15.1. The molecule has 1 amide bonds. The second-order valence-electron chi connectivity index (χ2n) is 8.46. The van der Waals surface area contributed by atoms with Gasteiger partial charge in [-0.3, -0.25) is 4.79 Å². The van der Waals surface area contributed by atoms with E-state index in [1.165, 1.54) is 11.1 Å². The van der Waals surface area contributed by atoms with Crippen LogP contribution in [0.4, 0.5) is 0 Å². The first kappa shape index (κ1) is 21.4. The molecule has 0 radical (unpaired) electrons. The largest absolute Gasteiger partial charge is 0.493 e. The molecule has 0 spiro atoms. The quantitative estimate of drug-likeness (QED) is 0.448. The van der Waals surface area contributed by atoms with Crippen LogP contribution in [0.2, 0.25) is 0 Å². The van der Waals surface area contributed by atoms with E-state index < -0.39 is 0 Å². The van der Waals surface area contributed by atoms with E-state index in [1.54, 1.807) is 0 Å². The van der Waals surface area contributed by atoms with Crippen LogP contribution in [-0.4, -0.2) is 33.5 Å². The Kier molecular flexibility index (Phi) is 6.59. The lowest BCUT2D eigenvalue weighted by Crippen LogP contribution is -2.31. The van der Waals surface area contributed by atoms with E-state index in [2.05, 4.69) is 42.7 Å². The molecule has 1 atom stereocenters. The topological polar surface area (TPSA) is 47.4 Å². The second kappa shape index (κ2) is 9.54. The lowest BCUT2D eigenvalue weighted by atomic mass is 10.1. The van der Waals surface area contributed by atoms with Gasteiger partial charge in [0.25, 0.3) is 0 Å². The fraction of sp³-hybridized carbons (Fsp3) is 0.462. The Labute approximate surface area is 185 Å². The summed E-state index contributed by atoms with van der Waals surface area (Å²) in [5.74, 6) is 2.24. The predicted octanol–water partition coefficient (Wildman–Crippen LogP) is 5.59. The highest BCUT2D eigenvalue weighted by atomic mass is 16.5. The number of para-hydroxylation sites is 2. The number of rotatable bonds is 8. The van der Waals surface area contributed by atoms with Crippen molar-refractivity contribution in [3.8, 4) is 5.75 Å². The number of unbranched alkanes of at least 4 members (excludes halogenated alkanes) is 1. The van der Waals surface area contributed by atoms with Crippen LogP contribution in [0.5, 0.6) is 5.75 Å². The highest BCUT2D eigenvalue weighted by molar-refractivity contribution is 5.78. The average Bonchev–Trinajstić information content (AvgIpc) is 3.40. The van der Waals surface area contributed by atoms with Gasteiger partial charge in [-0.1, -0.05) is 31.2 Å². The lowest BCUT2D eigenvalue weighted by molar-refractivity contribution is -0.131. The minimum Gasteiger partial charge on any atom is -0.493 e. The molecular weight excluding hydrogens is 386 g/mol. The molecule has 3 aromatic rings. The van der Waals surface area contributed by atoms with Crippen LogP contribution in [0.1, 0.15) is 62.0 Å². The maximum Gasteiger partial charge on any atom is 0.222 e. The van der Waals surface area contributed by atoms with Crippen molar-refractivity contribution in [2.24, 2.45) is 0 Å². The molecule has 1 aliphatic heterocycles. The molecule has 1 saturated heterocycles. The molecule has 2 aromatic carbocycles. The first-order valence-corrected chi connectivity index (χ1v) is 11.5. The maximum atomic E-state index is 12.5. The molecule has 5 nitrogen and oxygen atoms in total. The molecule has 0 bridgehead atoms. The summed E-state index contributed by atoms with van der Waals surface area (Å²) in [7, 11) is 0. The molecule has 31 heavy (non-hydrogen) atoms. The predicted molar refractivity (Wildman–Crippen MR) is 124 cm³/mol. The Morgan fingerprint density at radius 2 is 1.97 bits per heavy atom. The number of imidazole rings is 1. The summed E-state index contributed by atoms with van der Waals surface area (Å²) >= 11 is 0. The number of hydrogen-bond donors (Lipinski definition) is 0. The van der Waals surface area contributed by atoms with Crippen LogP contribution in [0.25, 0.3) is 11.0 Å². The minimum atomic E-state index is 0.0889. The zero-order valence-electron chi connectivity index (χ0n) is 18.9. The monoisotopic (exact) mass is 419 g/mol. The third kappa shape index (κ3) is 4.46. The summed E-state index contributed by atoms with van der Waals surface area (Å²) < 4.78 is 8.37. The van der Waals surface area contributed by atoms with E-state index in [-0.39, 0.29) is 11.9 Å². The molecule has 1 fully saturated rings. The Morgan fingerprint density at radius 1 is 1.13 bits per heavy atom. The van der Waals surface area contributed by atoms with Gasteiger partial charge < -0.3 is 14.2 Å². The Morgan fingerprint density at radius 3 is 2.81 bits per heavy atom. The van der Waals surface area contributed by atoms with Gasteiger partial charge in [-0.2, -0.15) is 0 Å². The van der Waals surface area contributed by atoms with Gasteiger partial charge in [0.2, 0.25) is 5.91 Å². The maximum absolute atomic E-state index is 12.5. The summed E-state index contributed by atoms with van der Waals surface area (Å²) in [6, 6.07) is 14.6. The lowest BCUT2D eigenvalue weighted by Gasteiger charge is -2.25. The zero-order chi connectivity index (χ0) is 21.8. The molecule has 0 N–H and O–H groups in total. The molecular formula is C26H33N3O2. The number of hydrogen-bond acceptors (Lipinski definition) is 3. The third-order valence-corrected chi connectivity index (χ3v) is 6.45. The number of aryl methyl sites for hydroxylation is 2. The second-order valence-corrected chi connectivity index (χ2v) is 8.46. The summed E-state index contributed by atoms with van der Waals surface area (Å²) in [5, 5.41) is 0. The molecule has 4 rings (SSSR count). The summed E-state index contributed by atoms with van der Waals surface area (Å²) in [6.45, 7) is 8.59. The van der Waals surface area contributed by atoms with Gasteiger partial charge in [-0.25, -0.2) is 4.98 Å². The summed E-state index contributed by atoms with van der Waals surface area (Å²) in [5.41, 5.74) is 4.64. The molecule has 164 valence electrons. The van der Waals surface area contributed by atoms with E-state index in [4.69, 9.17) is 9.72 Å². The highest BCUT2D eigenvalue weighted by Crippen LogP contribution is 2.34. The minimum absolute atomic E-state index is 0.0889. The van der Waals surface area contributed by atoms with Crippen molar-refractivity contribution in [3.05, 3.63) is 59.4 Å². The number of nitrogens with zero attached hydrogens (tertiary/aromatic N) is 3. The van der Waals surface area contributed by atoms with Crippen molar-refractivity contribution in [1.82, 2.24) is 14.5 Å². The van der Waals surface area contributed by atoms with Crippen molar-refractivity contribution >= 4 is 16.9 Å². The molecule has 0 saturated carbocycles. The number of carbonyl (C=O) groups excluding carboxylic acids is 1. The van der Waals surface area contributed by atoms with Crippen LogP contribution in [-0.2, 0) is 11.3 Å².